The fourth-order valence-electron chi connectivity index (χ4n) is 8.17. The fourth-order valence-corrected chi connectivity index (χ4v) is 8.17. The van der Waals surface area contributed by atoms with E-state index >= 15 is 0 Å². The molecule has 0 saturated carbocycles. The highest BCUT2D eigenvalue weighted by atomic mass is 16.7. The van der Waals surface area contributed by atoms with Gasteiger partial charge in [-0.05, 0) is 89.9 Å². The lowest BCUT2D eigenvalue weighted by molar-refractivity contribution is -0.302. The smallest absolute Gasteiger partial charge is 0.305 e. The predicted molar refractivity (Wildman–Crippen MR) is 278 cm³/mol. The van der Waals surface area contributed by atoms with E-state index < -0.39 is 49.5 Å². The zero-order valence-electron chi connectivity index (χ0n) is 43.0. The molecule has 0 spiro atoms. The van der Waals surface area contributed by atoms with Crippen LogP contribution in [-0.2, 0) is 23.8 Å². The third-order valence-electron chi connectivity index (χ3n) is 12.6. The number of hydrogen-bond donors (Lipinski definition) is 6. The summed E-state index contributed by atoms with van der Waals surface area (Å²) < 4.78 is 16.6. The molecule has 11 nitrogen and oxygen atoms in total. The Morgan fingerprint density at radius 2 is 1.06 bits per heavy atom. The van der Waals surface area contributed by atoms with Crippen molar-refractivity contribution in [2.24, 2.45) is 0 Å². The van der Waals surface area contributed by atoms with Crippen molar-refractivity contribution in [3.63, 3.8) is 0 Å². The number of aliphatic hydroxyl groups excluding tert-OH is 5. The van der Waals surface area contributed by atoms with Crippen LogP contribution in [0.4, 0.5) is 0 Å². The molecular weight excluding hydrogens is 859 g/mol. The summed E-state index contributed by atoms with van der Waals surface area (Å²) in [6.45, 7) is 4.18. The molecule has 0 aliphatic carbocycles. The van der Waals surface area contributed by atoms with Gasteiger partial charge in [0.2, 0.25) is 5.91 Å². The van der Waals surface area contributed by atoms with Gasteiger partial charge in [-0.2, -0.15) is 0 Å². The number of amides is 1. The third-order valence-corrected chi connectivity index (χ3v) is 12.6. The molecule has 0 radical (unpaired) electrons. The molecule has 1 rings (SSSR count). The van der Waals surface area contributed by atoms with Crippen molar-refractivity contribution in [2.45, 2.75) is 269 Å². The second-order valence-corrected chi connectivity index (χ2v) is 19.0. The number of aliphatic hydroxyl groups is 5. The molecule has 1 heterocycles. The molecule has 1 aliphatic heterocycles. The number of allylic oxidation sites excluding steroid dienone is 9. The monoisotopic (exact) mass is 960 g/mol. The van der Waals surface area contributed by atoms with E-state index in [-0.39, 0.29) is 18.5 Å². The topological polar surface area (TPSA) is 175 Å². The Balaban J connectivity index is 2.18. The van der Waals surface area contributed by atoms with Gasteiger partial charge in [0.25, 0.3) is 0 Å². The molecule has 6 N–H and O–H groups in total. The zero-order chi connectivity index (χ0) is 49.6. The molecule has 0 aromatic carbocycles. The average molecular weight is 960 g/mol. The van der Waals surface area contributed by atoms with Gasteiger partial charge in [-0.3, -0.25) is 9.59 Å². The molecule has 7 unspecified atom stereocenters. The lowest BCUT2D eigenvalue weighted by atomic mass is 9.99. The first kappa shape index (κ1) is 63.4. The van der Waals surface area contributed by atoms with Crippen molar-refractivity contribution in [1.29, 1.82) is 0 Å². The van der Waals surface area contributed by atoms with Crippen LogP contribution in [0.25, 0.3) is 0 Å². The Bertz CT molecular complexity index is 1310. The van der Waals surface area contributed by atoms with Gasteiger partial charge < -0.3 is 45.1 Å². The molecule has 1 amide bonds. The van der Waals surface area contributed by atoms with E-state index in [1.165, 1.54) is 83.5 Å². The van der Waals surface area contributed by atoms with Gasteiger partial charge in [0.05, 0.1) is 32.0 Å². The number of esters is 1. The van der Waals surface area contributed by atoms with Gasteiger partial charge in [-0.1, -0.05) is 184 Å². The standard InChI is InChI=1S/C57H101NO10/c1-3-5-7-9-11-13-15-20-25-29-33-37-41-45-53(62)66-46-42-38-34-30-26-22-19-17-18-21-24-28-32-36-40-44-52(61)58-49(48-67-57-56(65)55(64)54(63)51(47-59)68-57)50(60)43-39-35-31-27-23-16-14-12-10-8-6-4-2/h7,9,13,15,17,19,22,26,39,43,49-51,54-57,59-60,63-65H,3-6,8,10-12,14,16,18,20-21,23-25,27-38,40-42,44-48H2,1-2H3,(H,58,61)/b9-7-,15-13-,19-17-,26-22-,43-39+. The van der Waals surface area contributed by atoms with Gasteiger partial charge in [-0.25, -0.2) is 0 Å². The molecule has 0 bridgehead atoms. The maximum Gasteiger partial charge on any atom is 0.305 e. The summed E-state index contributed by atoms with van der Waals surface area (Å²) >= 11 is 0. The lowest BCUT2D eigenvalue weighted by Crippen LogP contribution is -2.60. The van der Waals surface area contributed by atoms with Crippen molar-refractivity contribution in [3.05, 3.63) is 60.8 Å². The van der Waals surface area contributed by atoms with Gasteiger partial charge in [0.1, 0.15) is 24.4 Å². The van der Waals surface area contributed by atoms with E-state index in [0.717, 1.165) is 116 Å². The molecule has 1 saturated heterocycles. The molecule has 68 heavy (non-hydrogen) atoms. The summed E-state index contributed by atoms with van der Waals surface area (Å²) in [7, 11) is 0. The summed E-state index contributed by atoms with van der Waals surface area (Å²) in [5, 5.41) is 54.3. The first-order valence-corrected chi connectivity index (χ1v) is 27.6. The normalized spacial score (nSPS) is 19.9. The van der Waals surface area contributed by atoms with E-state index in [1.54, 1.807) is 6.08 Å². The summed E-state index contributed by atoms with van der Waals surface area (Å²) in [6.07, 6.45) is 48.7. The minimum absolute atomic E-state index is 0.0574. The van der Waals surface area contributed by atoms with E-state index in [2.05, 4.69) is 67.8 Å². The number of unbranched alkanes of at least 4 members (excludes halogenated alkanes) is 25. The Morgan fingerprint density at radius 3 is 1.63 bits per heavy atom. The van der Waals surface area contributed by atoms with E-state index in [1.807, 2.05) is 6.08 Å². The maximum atomic E-state index is 13.0. The van der Waals surface area contributed by atoms with Gasteiger partial charge in [0.15, 0.2) is 6.29 Å². The second-order valence-electron chi connectivity index (χ2n) is 19.0. The van der Waals surface area contributed by atoms with Crippen molar-refractivity contribution < 1.29 is 49.3 Å². The quantitative estimate of drug-likeness (QED) is 0.0149. The maximum absolute atomic E-state index is 13.0. The van der Waals surface area contributed by atoms with Crippen LogP contribution in [0.5, 0.6) is 0 Å². The average Bonchev–Trinajstić information content (AvgIpc) is 3.33. The predicted octanol–water partition coefficient (Wildman–Crippen LogP) is 11.9. The van der Waals surface area contributed by atoms with Crippen molar-refractivity contribution >= 4 is 11.9 Å². The fraction of sp³-hybridized carbons (Fsp3) is 0.789. The molecule has 7 atom stereocenters. The number of rotatable bonds is 46. The molecule has 0 aromatic rings. The number of nitrogens with one attached hydrogen (secondary N) is 1. The molecule has 394 valence electrons. The Hall–Kier alpha value is -2.64. The zero-order valence-corrected chi connectivity index (χ0v) is 43.0. The van der Waals surface area contributed by atoms with Crippen molar-refractivity contribution in [2.75, 3.05) is 19.8 Å². The summed E-state index contributed by atoms with van der Waals surface area (Å²) in [5.41, 5.74) is 0. The van der Waals surface area contributed by atoms with Crippen LogP contribution < -0.4 is 5.32 Å². The number of carbonyl (C=O) groups excluding carboxylic acids is 2. The highest BCUT2D eigenvalue weighted by Gasteiger charge is 2.44. The highest BCUT2D eigenvalue weighted by Crippen LogP contribution is 2.23. The van der Waals surface area contributed by atoms with E-state index in [0.29, 0.717) is 19.4 Å². The van der Waals surface area contributed by atoms with Crippen LogP contribution in [-0.4, -0.2) is 100 Å². The van der Waals surface area contributed by atoms with Crippen LogP contribution in [0.15, 0.2) is 60.8 Å². The lowest BCUT2D eigenvalue weighted by Gasteiger charge is -2.40. The molecule has 1 aliphatic rings. The van der Waals surface area contributed by atoms with Crippen molar-refractivity contribution in [1.82, 2.24) is 5.32 Å². The minimum atomic E-state index is -1.58. The van der Waals surface area contributed by atoms with Crippen LogP contribution in [0.3, 0.4) is 0 Å². The number of ether oxygens (including phenoxy) is 3. The van der Waals surface area contributed by atoms with E-state index in [4.69, 9.17) is 14.2 Å². The van der Waals surface area contributed by atoms with Gasteiger partial charge in [-0.15, -0.1) is 0 Å². The van der Waals surface area contributed by atoms with E-state index in [9.17, 15) is 35.1 Å². The Morgan fingerprint density at radius 1 is 0.559 bits per heavy atom. The second kappa shape index (κ2) is 46.7. The molecule has 0 aromatic heterocycles. The van der Waals surface area contributed by atoms with Crippen LogP contribution in [0, 0.1) is 0 Å². The first-order valence-electron chi connectivity index (χ1n) is 27.6. The van der Waals surface area contributed by atoms with Crippen LogP contribution >= 0.6 is 0 Å². The highest BCUT2D eigenvalue weighted by molar-refractivity contribution is 5.76. The third kappa shape index (κ3) is 36.3. The molecule has 11 heteroatoms. The largest absolute Gasteiger partial charge is 0.466 e. The van der Waals surface area contributed by atoms with Gasteiger partial charge in [0, 0.05) is 12.8 Å². The molecule has 1 fully saturated rings. The summed E-state index contributed by atoms with van der Waals surface area (Å²) in [4.78, 5) is 25.0. The van der Waals surface area contributed by atoms with Gasteiger partial charge >= 0.3 is 5.97 Å². The molecular formula is C57H101NO10. The minimum Gasteiger partial charge on any atom is -0.466 e. The number of carbonyl (C=O) groups is 2. The Kier molecular flexibility index (Phi) is 43.5. The van der Waals surface area contributed by atoms with Crippen molar-refractivity contribution in [3.8, 4) is 0 Å². The first-order chi connectivity index (χ1) is 33.2. The van der Waals surface area contributed by atoms with Crippen LogP contribution in [0.1, 0.15) is 226 Å². The Labute approximate surface area is 414 Å². The number of hydrogen-bond acceptors (Lipinski definition) is 10. The summed E-state index contributed by atoms with van der Waals surface area (Å²) in [6, 6.07) is -0.828. The SMILES string of the molecule is CCC/C=C\C/C=C\CCCCCCCC(=O)OCCCCC/C=C\C=C/CCCCCCCCC(=O)NC(COC1OC(CO)C(O)C(O)C1O)C(O)/C=C/CCCCCCCCCCCC. The van der Waals surface area contributed by atoms with Crippen LogP contribution in [0.2, 0.25) is 0 Å². The summed E-state index contributed by atoms with van der Waals surface area (Å²) in [5.74, 6) is -0.264.